The van der Waals surface area contributed by atoms with Gasteiger partial charge >= 0.3 is 0 Å². The summed E-state index contributed by atoms with van der Waals surface area (Å²) in [5, 5.41) is 0.905. The van der Waals surface area contributed by atoms with Crippen LogP contribution in [0.3, 0.4) is 0 Å². The number of halogens is 1. The Morgan fingerprint density at radius 1 is 1.50 bits per heavy atom. The first kappa shape index (κ1) is 13.1. The van der Waals surface area contributed by atoms with Gasteiger partial charge in [0.1, 0.15) is 5.82 Å². The molecule has 0 fully saturated rings. The molecule has 0 saturated carbocycles. The van der Waals surface area contributed by atoms with Gasteiger partial charge in [0.15, 0.2) is 0 Å². The van der Waals surface area contributed by atoms with E-state index < -0.39 is 0 Å². The maximum Gasteiger partial charge on any atom is 0.263 e. The second-order valence-corrected chi connectivity index (χ2v) is 4.68. The minimum atomic E-state index is -0.111. The summed E-state index contributed by atoms with van der Waals surface area (Å²) in [5.74, 6) is 0.743. The summed E-state index contributed by atoms with van der Waals surface area (Å²) >= 11 is 6.09. The van der Waals surface area contributed by atoms with Crippen LogP contribution in [0.4, 0.5) is 0 Å². The molecule has 5 heteroatoms. The number of nitrogens with two attached hydrogens (primary N) is 1. The van der Waals surface area contributed by atoms with Crippen LogP contribution in [-0.4, -0.2) is 16.1 Å². The van der Waals surface area contributed by atoms with Crippen molar-refractivity contribution in [3.05, 3.63) is 39.4 Å². The molecule has 4 nitrogen and oxygen atoms in total. The summed E-state index contributed by atoms with van der Waals surface area (Å²) in [5.41, 5.74) is 6.19. The molecule has 1 aromatic heterocycles. The van der Waals surface area contributed by atoms with E-state index in [2.05, 4.69) is 4.98 Å². The topological polar surface area (TPSA) is 60.9 Å². The summed E-state index contributed by atoms with van der Waals surface area (Å²) < 4.78 is 1.65. The van der Waals surface area contributed by atoms with Gasteiger partial charge in [-0.15, -0.1) is 0 Å². The van der Waals surface area contributed by atoms with Gasteiger partial charge < -0.3 is 5.73 Å². The van der Waals surface area contributed by atoms with E-state index in [0.717, 1.165) is 5.82 Å². The Labute approximate surface area is 110 Å². The van der Waals surface area contributed by atoms with Crippen LogP contribution in [0, 0.1) is 0 Å². The SMILES string of the molecule is CCc1nc2cccc(Cl)c2c(=O)n1C(C)CN. The van der Waals surface area contributed by atoms with Crippen molar-refractivity contribution in [3.8, 4) is 0 Å². The van der Waals surface area contributed by atoms with E-state index >= 15 is 0 Å². The fourth-order valence-corrected chi connectivity index (χ4v) is 2.31. The van der Waals surface area contributed by atoms with E-state index in [9.17, 15) is 4.79 Å². The molecule has 0 spiro atoms. The number of rotatable bonds is 3. The molecule has 1 heterocycles. The zero-order valence-electron chi connectivity index (χ0n) is 10.5. The van der Waals surface area contributed by atoms with Crippen LogP contribution >= 0.6 is 11.6 Å². The standard InChI is InChI=1S/C13H16ClN3O/c1-3-11-16-10-6-4-5-9(14)12(10)13(18)17(11)8(2)7-15/h4-6,8H,3,7,15H2,1-2H3. The third kappa shape index (κ3) is 2.02. The molecule has 0 aliphatic heterocycles. The first-order chi connectivity index (χ1) is 8.60. The highest BCUT2D eigenvalue weighted by atomic mass is 35.5. The lowest BCUT2D eigenvalue weighted by Gasteiger charge is -2.18. The molecule has 1 atom stereocenters. The molecule has 1 unspecified atom stereocenters. The highest BCUT2D eigenvalue weighted by Gasteiger charge is 2.15. The van der Waals surface area contributed by atoms with Gasteiger partial charge in [0, 0.05) is 19.0 Å². The second kappa shape index (κ2) is 5.08. The molecular weight excluding hydrogens is 250 g/mol. The third-order valence-electron chi connectivity index (χ3n) is 3.05. The predicted octanol–water partition coefficient (Wildman–Crippen LogP) is 2.13. The van der Waals surface area contributed by atoms with E-state index in [1.54, 1.807) is 22.8 Å². The highest BCUT2D eigenvalue weighted by Crippen LogP contribution is 2.20. The van der Waals surface area contributed by atoms with Crippen molar-refractivity contribution in [1.82, 2.24) is 9.55 Å². The molecule has 1 aromatic carbocycles. The van der Waals surface area contributed by atoms with Gasteiger partial charge in [-0.2, -0.15) is 0 Å². The van der Waals surface area contributed by atoms with Gasteiger partial charge in [-0.05, 0) is 19.1 Å². The molecule has 0 aliphatic carbocycles. The van der Waals surface area contributed by atoms with Gasteiger partial charge in [-0.25, -0.2) is 4.98 Å². The average molecular weight is 266 g/mol. The predicted molar refractivity (Wildman–Crippen MR) is 74.2 cm³/mol. The van der Waals surface area contributed by atoms with E-state index in [-0.39, 0.29) is 11.6 Å². The van der Waals surface area contributed by atoms with Gasteiger partial charge in [-0.1, -0.05) is 24.6 Å². The molecule has 2 rings (SSSR count). The van der Waals surface area contributed by atoms with Crippen LogP contribution in [0.1, 0.15) is 25.7 Å². The van der Waals surface area contributed by atoms with E-state index in [0.29, 0.717) is 28.9 Å². The van der Waals surface area contributed by atoms with Crippen LogP contribution in [0.2, 0.25) is 5.02 Å². The molecule has 0 bridgehead atoms. The summed E-state index contributed by atoms with van der Waals surface area (Å²) in [7, 11) is 0. The lowest BCUT2D eigenvalue weighted by molar-refractivity contribution is 0.512. The van der Waals surface area contributed by atoms with Gasteiger partial charge in [0.25, 0.3) is 5.56 Å². The summed E-state index contributed by atoms with van der Waals surface area (Å²) in [4.78, 5) is 17.0. The van der Waals surface area contributed by atoms with Crippen molar-refractivity contribution in [2.45, 2.75) is 26.3 Å². The van der Waals surface area contributed by atoms with Crippen LogP contribution in [0.25, 0.3) is 10.9 Å². The Kier molecular flexibility index (Phi) is 3.68. The molecular formula is C13H16ClN3O. The van der Waals surface area contributed by atoms with E-state index in [1.807, 2.05) is 13.8 Å². The monoisotopic (exact) mass is 265 g/mol. The van der Waals surface area contributed by atoms with Crippen molar-refractivity contribution < 1.29 is 0 Å². The smallest absolute Gasteiger partial charge is 0.263 e. The second-order valence-electron chi connectivity index (χ2n) is 4.28. The molecule has 0 saturated heterocycles. The number of aryl methyl sites for hydroxylation is 1. The lowest BCUT2D eigenvalue weighted by atomic mass is 10.2. The van der Waals surface area contributed by atoms with Gasteiger partial charge in [-0.3, -0.25) is 9.36 Å². The Bertz CT molecular complexity index is 636. The van der Waals surface area contributed by atoms with Crippen LogP contribution in [0.5, 0.6) is 0 Å². The first-order valence-corrected chi connectivity index (χ1v) is 6.37. The normalized spacial score (nSPS) is 12.9. The Hall–Kier alpha value is -1.39. The highest BCUT2D eigenvalue weighted by molar-refractivity contribution is 6.35. The number of hydrogen-bond acceptors (Lipinski definition) is 3. The van der Waals surface area contributed by atoms with Gasteiger partial charge in [0.05, 0.1) is 15.9 Å². The van der Waals surface area contributed by atoms with Crippen molar-refractivity contribution in [2.75, 3.05) is 6.54 Å². The summed E-state index contributed by atoms with van der Waals surface area (Å²) in [6.07, 6.45) is 0.683. The summed E-state index contributed by atoms with van der Waals surface area (Å²) in [6, 6.07) is 5.23. The number of fused-ring (bicyclic) bond motifs is 1. The average Bonchev–Trinajstić information content (AvgIpc) is 2.37. The molecule has 2 aromatic rings. The van der Waals surface area contributed by atoms with E-state index in [4.69, 9.17) is 17.3 Å². The van der Waals surface area contributed by atoms with Crippen molar-refractivity contribution in [1.29, 1.82) is 0 Å². The number of aromatic nitrogens is 2. The zero-order valence-corrected chi connectivity index (χ0v) is 11.2. The Balaban J connectivity index is 2.88. The Morgan fingerprint density at radius 3 is 2.83 bits per heavy atom. The minimum absolute atomic E-state index is 0.0828. The maximum atomic E-state index is 12.5. The van der Waals surface area contributed by atoms with Crippen molar-refractivity contribution in [2.24, 2.45) is 5.73 Å². The first-order valence-electron chi connectivity index (χ1n) is 5.99. The van der Waals surface area contributed by atoms with Crippen LogP contribution < -0.4 is 11.3 Å². The molecule has 0 amide bonds. The number of nitrogens with zero attached hydrogens (tertiary/aromatic N) is 2. The molecule has 0 aliphatic rings. The number of hydrogen-bond donors (Lipinski definition) is 1. The fourth-order valence-electron chi connectivity index (χ4n) is 2.06. The molecule has 2 N–H and O–H groups in total. The van der Waals surface area contributed by atoms with Crippen LogP contribution in [-0.2, 0) is 6.42 Å². The zero-order chi connectivity index (χ0) is 13.3. The molecule has 96 valence electrons. The van der Waals surface area contributed by atoms with Crippen LogP contribution in [0.15, 0.2) is 23.0 Å². The fraction of sp³-hybridized carbons (Fsp3) is 0.385. The molecule has 0 radical (unpaired) electrons. The Morgan fingerprint density at radius 2 is 2.22 bits per heavy atom. The lowest BCUT2D eigenvalue weighted by Crippen LogP contribution is -2.31. The number of benzene rings is 1. The minimum Gasteiger partial charge on any atom is -0.328 e. The largest absolute Gasteiger partial charge is 0.328 e. The molecule has 18 heavy (non-hydrogen) atoms. The van der Waals surface area contributed by atoms with Gasteiger partial charge in [0.2, 0.25) is 0 Å². The van der Waals surface area contributed by atoms with E-state index in [1.165, 1.54) is 0 Å². The van der Waals surface area contributed by atoms with Crippen molar-refractivity contribution >= 4 is 22.5 Å². The maximum absolute atomic E-state index is 12.5. The van der Waals surface area contributed by atoms with Crippen molar-refractivity contribution in [3.63, 3.8) is 0 Å². The quantitative estimate of drug-likeness (QED) is 0.925. The third-order valence-corrected chi connectivity index (χ3v) is 3.36. The summed E-state index contributed by atoms with van der Waals surface area (Å²) in [6.45, 7) is 4.27.